The predicted molar refractivity (Wildman–Crippen MR) is 132 cm³/mol. The van der Waals surface area contributed by atoms with Gasteiger partial charge in [-0.1, -0.05) is 18.2 Å². The molecule has 0 bridgehead atoms. The van der Waals surface area contributed by atoms with Gasteiger partial charge in [-0.3, -0.25) is 19.0 Å². The monoisotopic (exact) mass is 477 g/mol. The lowest BCUT2D eigenvalue weighted by Gasteiger charge is -2.15. The van der Waals surface area contributed by atoms with Crippen LogP contribution >= 0.6 is 0 Å². The van der Waals surface area contributed by atoms with Crippen molar-refractivity contribution in [3.05, 3.63) is 64.8 Å². The molecule has 4 rings (SSSR count). The number of H-pyrrole nitrogens is 1. The highest BCUT2D eigenvalue weighted by Crippen LogP contribution is 2.29. The maximum absolute atomic E-state index is 12.9. The van der Waals surface area contributed by atoms with Gasteiger partial charge in [0.1, 0.15) is 12.6 Å². The summed E-state index contributed by atoms with van der Waals surface area (Å²) in [7, 11) is 2.97. The van der Waals surface area contributed by atoms with Crippen molar-refractivity contribution in [3.8, 4) is 11.5 Å². The number of carbonyl (C=O) groups is 2. The highest BCUT2D eigenvalue weighted by Gasteiger charge is 2.17. The van der Waals surface area contributed by atoms with E-state index >= 15 is 0 Å². The van der Waals surface area contributed by atoms with Crippen LogP contribution in [0, 0.1) is 0 Å². The Hall–Kier alpha value is -4.34. The number of ether oxygens (including phenoxy) is 2. The minimum atomic E-state index is -0.765. The number of rotatable bonds is 9. The van der Waals surface area contributed by atoms with Crippen LogP contribution in [-0.2, 0) is 22.6 Å². The molecule has 10 heteroatoms. The van der Waals surface area contributed by atoms with E-state index in [1.54, 1.807) is 13.0 Å². The van der Waals surface area contributed by atoms with Gasteiger partial charge < -0.3 is 25.1 Å². The number of para-hydroxylation sites is 1. The van der Waals surface area contributed by atoms with Crippen molar-refractivity contribution in [1.82, 2.24) is 25.2 Å². The first-order chi connectivity index (χ1) is 16.9. The number of aromatic amines is 1. The first kappa shape index (κ1) is 23.8. The van der Waals surface area contributed by atoms with Gasteiger partial charge in [0.2, 0.25) is 11.8 Å². The number of aromatic nitrogens is 3. The molecule has 0 spiro atoms. The van der Waals surface area contributed by atoms with E-state index in [1.165, 1.54) is 31.2 Å². The van der Waals surface area contributed by atoms with E-state index in [0.717, 1.165) is 16.5 Å². The highest BCUT2D eigenvalue weighted by molar-refractivity contribution is 5.88. The summed E-state index contributed by atoms with van der Waals surface area (Å²) in [6.07, 6.45) is 3.88. The van der Waals surface area contributed by atoms with Crippen LogP contribution in [0.5, 0.6) is 11.5 Å². The summed E-state index contributed by atoms with van der Waals surface area (Å²) in [4.78, 5) is 45.3. The maximum atomic E-state index is 12.9. The Morgan fingerprint density at radius 1 is 1.11 bits per heavy atom. The summed E-state index contributed by atoms with van der Waals surface area (Å²) < 4.78 is 11.7. The van der Waals surface area contributed by atoms with E-state index in [9.17, 15) is 14.4 Å². The topological polar surface area (TPSA) is 127 Å². The molecular weight excluding hydrogens is 450 g/mol. The number of benzene rings is 2. The van der Waals surface area contributed by atoms with Gasteiger partial charge >= 0.3 is 0 Å². The van der Waals surface area contributed by atoms with Crippen LogP contribution < -0.4 is 25.7 Å². The van der Waals surface area contributed by atoms with Crippen molar-refractivity contribution >= 4 is 33.6 Å². The second-order valence-electron chi connectivity index (χ2n) is 8.09. The molecule has 1 unspecified atom stereocenters. The van der Waals surface area contributed by atoms with Crippen LogP contribution in [-0.4, -0.2) is 53.2 Å². The van der Waals surface area contributed by atoms with E-state index in [4.69, 9.17) is 9.47 Å². The van der Waals surface area contributed by atoms with Gasteiger partial charge in [0, 0.05) is 29.7 Å². The summed E-state index contributed by atoms with van der Waals surface area (Å²) in [6, 6.07) is 10.3. The molecule has 0 aliphatic rings. The van der Waals surface area contributed by atoms with Gasteiger partial charge in [0.25, 0.3) is 5.56 Å². The number of amides is 2. The molecule has 2 amide bonds. The van der Waals surface area contributed by atoms with E-state index < -0.39 is 17.5 Å². The van der Waals surface area contributed by atoms with Crippen molar-refractivity contribution in [3.63, 3.8) is 0 Å². The van der Waals surface area contributed by atoms with Gasteiger partial charge in [0.15, 0.2) is 11.5 Å². The molecule has 35 heavy (non-hydrogen) atoms. The Morgan fingerprint density at radius 2 is 1.86 bits per heavy atom. The van der Waals surface area contributed by atoms with Crippen molar-refractivity contribution in [2.45, 2.75) is 25.9 Å². The molecule has 0 saturated carbocycles. The van der Waals surface area contributed by atoms with Gasteiger partial charge in [-0.25, -0.2) is 4.98 Å². The van der Waals surface area contributed by atoms with Gasteiger partial charge in [-0.2, -0.15) is 0 Å². The van der Waals surface area contributed by atoms with E-state index in [2.05, 4.69) is 20.6 Å². The number of nitrogens with zero attached hydrogens (tertiary/aromatic N) is 2. The number of carbonyl (C=O) groups excluding carboxylic acids is 2. The molecule has 182 valence electrons. The molecule has 0 radical (unpaired) electrons. The smallest absolute Gasteiger partial charge is 0.261 e. The molecule has 0 saturated heterocycles. The molecule has 2 aromatic carbocycles. The Labute approximate surface area is 201 Å². The van der Waals surface area contributed by atoms with Crippen LogP contribution in [0.15, 0.2) is 53.7 Å². The summed E-state index contributed by atoms with van der Waals surface area (Å²) in [6.45, 7) is 1.75. The lowest BCUT2D eigenvalue weighted by molar-refractivity contribution is -0.128. The molecule has 3 N–H and O–H groups in total. The van der Waals surface area contributed by atoms with Crippen molar-refractivity contribution in [1.29, 1.82) is 0 Å². The highest BCUT2D eigenvalue weighted by atomic mass is 16.5. The zero-order valence-electron chi connectivity index (χ0n) is 19.8. The average Bonchev–Trinajstić information content (AvgIpc) is 3.28. The number of methoxy groups -OCH3 is 2. The SMILES string of the molecule is COc1cc2ncn(CC(=O)NC(C)C(=O)NCCc3c[nH]c4ccccc34)c(=O)c2cc1OC. The summed E-state index contributed by atoms with van der Waals surface area (Å²) in [5.41, 5.74) is 2.18. The van der Waals surface area contributed by atoms with Crippen molar-refractivity contribution in [2.24, 2.45) is 0 Å². The number of hydrogen-bond donors (Lipinski definition) is 3. The Kier molecular flexibility index (Phi) is 7.00. The zero-order chi connectivity index (χ0) is 24.9. The molecule has 2 aromatic heterocycles. The zero-order valence-corrected chi connectivity index (χ0v) is 19.8. The fourth-order valence-corrected chi connectivity index (χ4v) is 3.92. The van der Waals surface area contributed by atoms with E-state index in [0.29, 0.717) is 35.4 Å². The summed E-state index contributed by atoms with van der Waals surface area (Å²) in [5, 5.41) is 6.88. The number of fused-ring (bicyclic) bond motifs is 2. The third-order valence-corrected chi connectivity index (χ3v) is 5.78. The van der Waals surface area contributed by atoms with Gasteiger partial charge in [-0.05, 0) is 31.0 Å². The van der Waals surface area contributed by atoms with Crippen LogP contribution in [0.3, 0.4) is 0 Å². The largest absolute Gasteiger partial charge is 0.493 e. The normalized spacial score (nSPS) is 11.9. The summed E-state index contributed by atoms with van der Waals surface area (Å²) >= 11 is 0. The Morgan fingerprint density at radius 3 is 2.63 bits per heavy atom. The molecular formula is C25H27N5O5. The second-order valence-corrected chi connectivity index (χ2v) is 8.09. The molecule has 4 aromatic rings. The molecule has 0 aliphatic heterocycles. The Balaban J connectivity index is 1.34. The lowest BCUT2D eigenvalue weighted by Crippen LogP contribution is -2.46. The predicted octanol–water partition coefficient (Wildman–Crippen LogP) is 1.76. The molecule has 0 aliphatic carbocycles. The van der Waals surface area contributed by atoms with Crippen LogP contribution in [0.4, 0.5) is 0 Å². The molecule has 10 nitrogen and oxygen atoms in total. The minimum Gasteiger partial charge on any atom is -0.493 e. The van der Waals surface area contributed by atoms with Crippen LogP contribution in [0.1, 0.15) is 12.5 Å². The van der Waals surface area contributed by atoms with E-state index in [1.807, 2.05) is 30.5 Å². The van der Waals surface area contributed by atoms with Crippen LogP contribution in [0.2, 0.25) is 0 Å². The second kappa shape index (κ2) is 10.3. The molecule has 2 heterocycles. The first-order valence-corrected chi connectivity index (χ1v) is 11.1. The van der Waals surface area contributed by atoms with Crippen LogP contribution in [0.25, 0.3) is 21.8 Å². The summed E-state index contributed by atoms with van der Waals surface area (Å²) in [5.74, 6) is 0.0537. The van der Waals surface area contributed by atoms with Gasteiger partial charge in [0.05, 0.1) is 31.4 Å². The van der Waals surface area contributed by atoms with E-state index in [-0.39, 0.29) is 12.5 Å². The number of hydrogen-bond acceptors (Lipinski definition) is 6. The van der Waals surface area contributed by atoms with Crippen molar-refractivity contribution in [2.75, 3.05) is 20.8 Å². The third-order valence-electron chi connectivity index (χ3n) is 5.78. The average molecular weight is 478 g/mol. The Bertz CT molecular complexity index is 1440. The maximum Gasteiger partial charge on any atom is 0.261 e. The quantitative estimate of drug-likeness (QED) is 0.337. The standard InChI is InChI=1S/C25H27N5O5/c1-15(24(32)26-9-8-16-12-27-19-7-5-4-6-17(16)19)29-23(31)13-30-14-28-20-11-22(35-3)21(34-2)10-18(20)25(30)33/h4-7,10-12,14-15,27H,8-9,13H2,1-3H3,(H,26,32)(H,29,31). The minimum absolute atomic E-state index is 0.275. The third kappa shape index (κ3) is 5.11. The molecule has 1 atom stereocenters. The fraction of sp³-hybridized carbons (Fsp3) is 0.280. The molecule has 0 fully saturated rings. The lowest BCUT2D eigenvalue weighted by atomic mass is 10.1. The van der Waals surface area contributed by atoms with Crippen molar-refractivity contribution < 1.29 is 19.1 Å². The fourth-order valence-electron chi connectivity index (χ4n) is 3.92. The first-order valence-electron chi connectivity index (χ1n) is 11.1. The van der Waals surface area contributed by atoms with Gasteiger partial charge in [-0.15, -0.1) is 0 Å². The number of nitrogens with one attached hydrogen (secondary N) is 3.